The average Bonchev–Trinajstić information content (AvgIpc) is 3.76. The molecule has 7 heteroatoms. The SMILES string of the molecule is C=C1C=C2N=C(N=c3[nH]c(c4ccccc34)=NC3=NC(=Nc4[nH]c1c1ccccc41)c1ccccc13)c1ccccc12. The first kappa shape index (κ1) is 22.8. The maximum atomic E-state index is 5.06. The van der Waals surface area contributed by atoms with Gasteiger partial charge in [-0.2, -0.15) is 0 Å². The second-order valence-electron chi connectivity index (χ2n) is 10.4. The van der Waals surface area contributed by atoms with E-state index in [-0.39, 0.29) is 0 Å². The van der Waals surface area contributed by atoms with Gasteiger partial charge >= 0.3 is 0 Å². The summed E-state index contributed by atoms with van der Waals surface area (Å²) in [5.41, 5.74) is 7.72. The van der Waals surface area contributed by atoms with Crippen LogP contribution in [-0.4, -0.2) is 27.5 Å². The lowest BCUT2D eigenvalue weighted by Gasteiger charge is -2.02. The lowest BCUT2D eigenvalue weighted by Crippen LogP contribution is -2.15. The number of aromatic nitrogens is 2. The largest absolute Gasteiger partial charge is 0.339 e. The van der Waals surface area contributed by atoms with Crippen molar-refractivity contribution in [3.63, 3.8) is 0 Å². The van der Waals surface area contributed by atoms with Gasteiger partial charge in [0.2, 0.25) is 0 Å². The molecular formula is C35H21N7. The van der Waals surface area contributed by atoms with E-state index in [1.54, 1.807) is 0 Å². The number of nitrogens with zero attached hydrogens (tertiary/aromatic N) is 5. The van der Waals surface area contributed by atoms with Crippen LogP contribution in [0.15, 0.2) is 135 Å². The van der Waals surface area contributed by atoms with Gasteiger partial charge in [-0.1, -0.05) is 104 Å². The Kier molecular flexibility index (Phi) is 4.63. The Labute approximate surface area is 239 Å². The van der Waals surface area contributed by atoms with Crippen LogP contribution in [0.3, 0.4) is 0 Å². The zero-order valence-corrected chi connectivity index (χ0v) is 22.3. The van der Waals surface area contributed by atoms with Crippen LogP contribution in [0.2, 0.25) is 0 Å². The first-order valence-corrected chi connectivity index (χ1v) is 13.7. The van der Waals surface area contributed by atoms with Gasteiger partial charge < -0.3 is 9.97 Å². The molecular weight excluding hydrogens is 518 g/mol. The highest BCUT2D eigenvalue weighted by Crippen LogP contribution is 2.37. The molecule has 0 saturated heterocycles. The van der Waals surface area contributed by atoms with Crippen LogP contribution in [0.4, 0.5) is 5.82 Å². The number of H-pyrrole nitrogens is 2. The predicted molar refractivity (Wildman–Crippen MR) is 168 cm³/mol. The van der Waals surface area contributed by atoms with Crippen molar-refractivity contribution < 1.29 is 0 Å². The van der Waals surface area contributed by atoms with E-state index in [1.807, 2.05) is 78.9 Å². The Morgan fingerprint density at radius 1 is 0.452 bits per heavy atom. The highest BCUT2D eigenvalue weighted by molar-refractivity contribution is 6.23. The van der Waals surface area contributed by atoms with E-state index in [9.17, 15) is 0 Å². The van der Waals surface area contributed by atoms with Gasteiger partial charge in [-0.3, -0.25) is 0 Å². The normalized spacial score (nSPS) is 15.2. The molecule has 0 aliphatic carbocycles. The molecule has 3 aliphatic heterocycles. The highest BCUT2D eigenvalue weighted by atomic mass is 15.1. The lowest BCUT2D eigenvalue weighted by molar-refractivity contribution is 1.15. The number of amidine groups is 3. The summed E-state index contributed by atoms with van der Waals surface area (Å²) in [7, 11) is 0. The van der Waals surface area contributed by atoms with Crippen molar-refractivity contribution in [2.45, 2.75) is 0 Å². The molecule has 9 rings (SSSR count). The molecule has 2 aromatic heterocycles. The van der Waals surface area contributed by atoms with Gasteiger partial charge in [0.1, 0.15) is 16.8 Å². The summed E-state index contributed by atoms with van der Waals surface area (Å²) < 4.78 is 0. The summed E-state index contributed by atoms with van der Waals surface area (Å²) >= 11 is 0. The number of aliphatic imine (C=N–C) groups is 3. The number of benzene rings is 4. The molecule has 196 valence electrons. The van der Waals surface area contributed by atoms with Gasteiger partial charge in [0, 0.05) is 43.8 Å². The second kappa shape index (κ2) is 8.52. The second-order valence-corrected chi connectivity index (χ2v) is 10.4. The van der Waals surface area contributed by atoms with Crippen molar-refractivity contribution in [1.82, 2.24) is 9.97 Å². The Bertz CT molecular complexity index is 2430. The van der Waals surface area contributed by atoms with Crippen molar-refractivity contribution >= 4 is 56.1 Å². The van der Waals surface area contributed by atoms with Crippen molar-refractivity contribution in [3.05, 3.63) is 149 Å². The molecule has 0 unspecified atom stereocenters. The van der Waals surface area contributed by atoms with E-state index in [4.69, 9.17) is 25.0 Å². The van der Waals surface area contributed by atoms with Gasteiger partial charge in [0.05, 0.1) is 11.4 Å². The monoisotopic (exact) mass is 539 g/mol. The summed E-state index contributed by atoms with van der Waals surface area (Å²) in [6, 6.07) is 32.5. The van der Waals surface area contributed by atoms with Crippen molar-refractivity contribution in [2.24, 2.45) is 25.0 Å². The molecule has 0 fully saturated rings. The fourth-order valence-corrected chi connectivity index (χ4v) is 5.97. The first-order chi connectivity index (χ1) is 20.7. The summed E-state index contributed by atoms with van der Waals surface area (Å²) in [6.45, 7) is 4.45. The Morgan fingerprint density at radius 3 is 1.62 bits per heavy atom. The molecule has 2 N–H and O–H groups in total. The van der Waals surface area contributed by atoms with Crippen LogP contribution >= 0.6 is 0 Å². The Balaban J connectivity index is 1.41. The van der Waals surface area contributed by atoms with Crippen LogP contribution in [0.5, 0.6) is 0 Å². The third kappa shape index (κ3) is 3.31. The summed E-state index contributed by atoms with van der Waals surface area (Å²) in [6.07, 6.45) is 2.02. The molecule has 6 aromatic rings. The van der Waals surface area contributed by atoms with Crippen LogP contribution in [-0.2, 0) is 0 Å². The molecule has 0 amide bonds. The quantitative estimate of drug-likeness (QED) is 0.228. The summed E-state index contributed by atoms with van der Waals surface area (Å²) in [5.74, 6) is 2.56. The van der Waals surface area contributed by atoms with E-state index in [2.05, 4.69) is 40.8 Å². The van der Waals surface area contributed by atoms with Crippen molar-refractivity contribution in [2.75, 3.05) is 0 Å². The van der Waals surface area contributed by atoms with Crippen LogP contribution in [0, 0.1) is 0 Å². The summed E-state index contributed by atoms with van der Waals surface area (Å²) in [5, 5.41) is 3.94. The molecule has 0 spiro atoms. The third-order valence-electron chi connectivity index (χ3n) is 7.95. The van der Waals surface area contributed by atoms with Crippen molar-refractivity contribution in [3.8, 4) is 0 Å². The molecule has 8 bridgehead atoms. The van der Waals surface area contributed by atoms with Gasteiger partial charge in [0.25, 0.3) is 0 Å². The number of nitrogens with one attached hydrogen (secondary N) is 2. The van der Waals surface area contributed by atoms with E-state index in [1.165, 1.54) is 0 Å². The Morgan fingerprint density at radius 2 is 0.952 bits per heavy atom. The van der Waals surface area contributed by atoms with Gasteiger partial charge in [-0.15, -0.1) is 0 Å². The maximum Gasteiger partial charge on any atom is 0.164 e. The van der Waals surface area contributed by atoms with Crippen LogP contribution in [0.25, 0.3) is 32.8 Å². The minimum Gasteiger partial charge on any atom is -0.339 e. The van der Waals surface area contributed by atoms with E-state index in [0.29, 0.717) is 28.5 Å². The number of fused-ring (bicyclic) bond motifs is 18. The number of hydrogen-bond donors (Lipinski definition) is 2. The third-order valence-corrected chi connectivity index (χ3v) is 7.95. The standard InChI is InChI=1S/C35H21N7/c1-19-18-28-20-10-2-4-12-22(20)30(36-28)38-32-24-14-6-8-16-26(24)34(40-32)42-35-27-17-9-7-15-25(27)33(41-35)39-31-23-13-5-3-11-21(23)29(19)37-31/h2-18,37H,1H2,(H,36,38,39,40,41,42). The number of aromatic amines is 2. The summed E-state index contributed by atoms with van der Waals surface area (Å²) in [4.78, 5) is 32.1. The molecule has 7 nitrogen and oxygen atoms in total. The number of rotatable bonds is 0. The zero-order chi connectivity index (χ0) is 27.8. The average molecular weight is 540 g/mol. The molecule has 5 heterocycles. The Hall–Kier alpha value is -5.95. The maximum absolute atomic E-state index is 5.06. The minimum absolute atomic E-state index is 0.597. The molecule has 4 aromatic carbocycles. The molecule has 0 radical (unpaired) electrons. The smallest absolute Gasteiger partial charge is 0.164 e. The van der Waals surface area contributed by atoms with Gasteiger partial charge in [-0.05, 0) is 11.6 Å². The molecule has 0 atom stereocenters. The first-order valence-electron chi connectivity index (χ1n) is 13.7. The van der Waals surface area contributed by atoms with Crippen molar-refractivity contribution in [1.29, 1.82) is 0 Å². The van der Waals surface area contributed by atoms with E-state index >= 15 is 0 Å². The number of allylic oxidation sites excluding steroid dienone is 2. The van der Waals surface area contributed by atoms with Gasteiger partial charge in [-0.25, -0.2) is 25.0 Å². The minimum atomic E-state index is 0.597. The van der Waals surface area contributed by atoms with E-state index in [0.717, 1.165) is 66.6 Å². The fourth-order valence-electron chi connectivity index (χ4n) is 5.97. The van der Waals surface area contributed by atoms with Crippen LogP contribution in [0.1, 0.15) is 27.9 Å². The number of hydrogen-bond acceptors (Lipinski definition) is 5. The fraction of sp³-hybridized carbons (Fsp3) is 0. The lowest BCUT2D eigenvalue weighted by atomic mass is 10.0. The molecule has 3 aliphatic rings. The van der Waals surface area contributed by atoms with E-state index < -0.39 is 0 Å². The highest BCUT2D eigenvalue weighted by Gasteiger charge is 2.24. The topological polar surface area (TPSA) is 93.4 Å². The molecule has 42 heavy (non-hydrogen) atoms. The zero-order valence-electron chi connectivity index (χ0n) is 22.3. The van der Waals surface area contributed by atoms with Crippen LogP contribution < -0.4 is 11.0 Å². The molecule has 0 saturated carbocycles. The predicted octanol–water partition coefficient (Wildman–Crippen LogP) is 6.26. The van der Waals surface area contributed by atoms with Gasteiger partial charge in [0.15, 0.2) is 17.5 Å².